The molecule has 3 atom stereocenters. The first-order valence-electron chi connectivity index (χ1n) is 7.62. The molecule has 1 heterocycles. The molecule has 0 bridgehead atoms. The first-order chi connectivity index (χ1) is 8.56. The standard InChI is InChI=1S/C15H32N2O/c1-5-14-9-7-6-8-10-17(14)13(2)11-15(3,12-18)16-4/h13-14,16,18H,5-12H2,1-4H3. The van der Waals surface area contributed by atoms with E-state index in [-0.39, 0.29) is 12.1 Å². The molecule has 1 rings (SSSR count). The molecule has 0 spiro atoms. The van der Waals surface area contributed by atoms with Crippen molar-refractivity contribution in [2.75, 3.05) is 20.2 Å². The van der Waals surface area contributed by atoms with E-state index in [1.807, 2.05) is 7.05 Å². The highest BCUT2D eigenvalue weighted by molar-refractivity contribution is 4.88. The molecular weight excluding hydrogens is 224 g/mol. The molecule has 0 radical (unpaired) electrons. The predicted octanol–water partition coefficient (Wildman–Crippen LogP) is 2.39. The quantitative estimate of drug-likeness (QED) is 0.766. The van der Waals surface area contributed by atoms with Crippen LogP contribution < -0.4 is 5.32 Å². The highest BCUT2D eigenvalue weighted by atomic mass is 16.3. The summed E-state index contributed by atoms with van der Waals surface area (Å²) in [6.45, 7) is 8.17. The minimum Gasteiger partial charge on any atom is -0.394 e. The molecular formula is C15H32N2O. The maximum absolute atomic E-state index is 9.53. The number of hydrogen-bond donors (Lipinski definition) is 2. The Hall–Kier alpha value is -0.120. The van der Waals surface area contributed by atoms with Crippen molar-refractivity contribution >= 4 is 0 Å². The summed E-state index contributed by atoms with van der Waals surface area (Å²) >= 11 is 0. The Morgan fingerprint density at radius 3 is 2.67 bits per heavy atom. The lowest BCUT2D eigenvalue weighted by atomic mass is 9.92. The molecule has 3 heteroatoms. The third-order valence-electron chi connectivity index (χ3n) is 4.66. The number of likely N-dealkylation sites (tertiary alicyclic amines) is 1. The molecule has 1 aliphatic heterocycles. The van der Waals surface area contributed by atoms with Crippen LogP contribution in [0.15, 0.2) is 0 Å². The predicted molar refractivity (Wildman–Crippen MR) is 77.9 cm³/mol. The third-order valence-corrected chi connectivity index (χ3v) is 4.66. The number of aliphatic hydroxyl groups is 1. The summed E-state index contributed by atoms with van der Waals surface area (Å²) in [6, 6.07) is 1.28. The molecule has 1 saturated heterocycles. The average Bonchev–Trinajstić information content (AvgIpc) is 2.63. The Kier molecular flexibility index (Phi) is 6.61. The minimum absolute atomic E-state index is 0.149. The number of nitrogens with one attached hydrogen (secondary N) is 1. The second-order valence-corrected chi connectivity index (χ2v) is 6.17. The fraction of sp³-hybridized carbons (Fsp3) is 1.00. The van der Waals surface area contributed by atoms with Gasteiger partial charge in [-0.15, -0.1) is 0 Å². The lowest BCUT2D eigenvalue weighted by Gasteiger charge is -2.39. The van der Waals surface area contributed by atoms with Gasteiger partial charge in [-0.2, -0.15) is 0 Å². The van der Waals surface area contributed by atoms with Gasteiger partial charge in [0.2, 0.25) is 0 Å². The van der Waals surface area contributed by atoms with Crippen molar-refractivity contribution in [3.8, 4) is 0 Å². The van der Waals surface area contributed by atoms with Crippen molar-refractivity contribution in [3.05, 3.63) is 0 Å². The number of likely N-dealkylation sites (N-methyl/N-ethyl adjacent to an activating group) is 1. The fourth-order valence-corrected chi connectivity index (χ4v) is 3.23. The van der Waals surface area contributed by atoms with Crippen molar-refractivity contribution in [2.24, 2.45) is 0 Å². The Morgan fingerprint density at radius 2 is 2.11 bits per heavy atom. The van der Waals surface area contributed by atoms with E-state index in [1.165, 1.54) is 38.6 Å². The molecule has 1 fully saturated rings. The van der Waals surface area contributed by atoms with E-state index < -0.39 is 0 Å². The normalized spacial score (nSPS) is 27.5. The molecule has 0 amide bonds. The van der Waals surface area contributed by atoms with Crippen LogP contribution in [0.25, 0.3) is 0 Å². The summed E-state index contributed by atoms with van der Waals surface area (Å²) in [5.41, 5.74) is -0.149. The average molecular weight is 256 g/mol. The molecule has 18 heavy (non-hydrogen) atoms. The summed E-state index contributed by atoms with van der Waals surface area (Å²) in [5.74, 6) is 0. The summed E-state index contributed by atoms with van der Waals surface area (Å²) < 4.78 is 0. The number of nitrogens with zero attached hydrogens (tertiary/aromatic N) is 1. The van der Waals surface area contributed by atoms with Crippen LogP contribution in [0.4, 0.5) is 0 Å². The number of aliphatic hydroxyl groups excluding tert-OH is 1. The zero-order valence-corrected chi connectivity index (χ0v) is 12.7. The number of rotatable bonds is 6. The Morgan fingerprint density at radius 1 is 1.39 bits per heavy atom. The SMILES string of the molecule is CCC1CCCCCN1C(C)CC(C)(CO)NC. The number of hydrogen-bond acceptors (Lipinski definition) is 3. The van der Waals surface area contributed by atoms with Crippen LogP contribution in [0.1, 0.15) is 59.3 Å². The van der Waals surface area contributed by atoms with E-state index in [0.717, 1.165) is 12.5 Å². The molecule has 0 aromatic heterocycles. The highest BCUT2D eigenvalue weighted by Crippen LogP contribution is 2.25. The van der Waals surface area contributed by atoms with Gasteiger partial charge in [-0.25, -0.2) is 0 Å². The summed E-state index contributed by atoms with van der Waals surface area (Å²) in [6.07, 6.45) is 7.69. The van der Waals surface area contributed by atoms with Crippen molar-refractivity contribution in [2.45, 2.75) is 76.9 Å². The highest BCUT2D eigenvalue weighted by Gasteiger charge is 2.30. The van der Waals surface area contributed by atoms with Gasteiger partial charge < -0.3 is 10.4 Å². The lowest BCUT2D eigenvalue weighted by molar-refractivity contribution is 0.0902. The van der Waals surface area contributed by atoms with Gasteiger partial charge in [-0.1, -0.05) is 19.8 Å². The van der Waals surface area contributed by atoms with E-state index in [0.29, 0.717) is 6.04 Å². The Bertz CT molecular complexity index is 229. The third kappa shape index (κ3) is 4.22. The van der Waals surface area contributed by atoms with Gasteiger partial charge >= 0.3 is 0 Å². The molecule has 0 aromatic carbocycles. The van der Waals surface area contributed by atoms with Crippen LogP contribution in [0.5, 0.6) is 0 Å². The van der Waals surface area contributed by atoms with E-state index in [1.54, 1.807) is 0 Å². The van der Waals surface area contributed by atoms with Gasteiger partial charge in [0.05, 0.1) is 6.61 Å². The molecule has 0 aromatic rings. The second kappa shape index (κ2) is 7.46. The molecule has 1 aliphatic rings. The van der Waals surface area contributed by atoms with Crippen molar-refractivity contribution in [1.29, 1.82) is 0 Å². The van der Waals surface area contributed by atoms with Crippen LogP contribution in [-0.4, -0.2) is 47.8 Å². The van der Waals surface area contributed by atoms with E-state index in [9.17, 15) is 5.11 Å². The zero-order chi connectivity index (χ0) is 13.6. The van der Waals surface area contributed by atoms with Crippen LogP contribution in [0, 0.1) is 0 Å². The Labute approximate surface area is 113 Å². The van der Waals surface area contributed by atoms with Crippen molar-refractivity contribution < 1.29 is 5.11 Å². The van der Waals surface area contributed by atoms with Gasteiger partial charge in [0.15, 0.2) is 0 Å². The smallest absolute Gasteiger partial charge is 0.0611 e. The second-order valence-electron chi connectivity index (χ2n) is 6.17. The summed E-state index contributed by atoms with van der Waals surface area (Å²) in [5, 5.41) is 12.8. The van der Waals surface area contributed by atoms with Gasteiger partial charge in [0.1, 0.15) is 0 Å². The maximum atomic E-state index is 9.53. The van der Waals surface area contributed by atoms with E-state index >= 15 is 0 Å². The summed E-state index contributed by atoms with van der Waals surface area (Å²) in [7, 11) is 1.95. The topological polar surface area (TPSA) is 35.5 Å². The molecule has 0 saturated carbocycles. The molecule has 108 valence electrons. The maximum Gasteiger partial charge on any atom is 0.0611 e. The first kappa shape index (κ1) is 15.9. The lowest BCUT2D eigenvalue weighted by Crippen LogP contribution is -2.51. The fourth-order valence-electron chi connectivity index (χ4n) is 3.23. The van der Waals surface area contributed by atoms with Crippen molar-refractivity contribution in [1.82, 2.24) is 10.2 Å². The van der Waals surface area contributed by atoms with Crippen LogP contribution in [-0.2, 0) is 0 Å². The zero-order valence-electron chi connectivity index (χ0n) is 12.7. The monoisotopic (exact) mass is 256 g/mol. The van der Waals surface area contributed by atoms with Crippen LogP contribution in [0.3, 0.4) is 0 Å². The first-order valence-corrected chi connectivity index (χ1v) is 7.62. The Balaban J connectivity index is 2.64. The minimum atomic E-state index is -0.149. The van der Waals surface area contributed by atoms with Crippen LogP contribution in [0.2, 0.25) is 0 Å². The molecule has 2 N–H and O–H groups in total. The van der Waals surface area contributed by atoms with E-state index in [4.69, 9.17) is 0 Å². The molecule has 0 aliphatic carbocycles. The van der Waals surface area contributed by atoms with Gasteiger partial charge in [0.25, 0.3) is 0 Å². The van der Waals surface area contributed by atoms with Crippen molar-refractivity contribution in [3.63, 3.8) is 0 Å². The molecule has 3 nitrogen and oxygen atoms in total. The molecule has 3 unspecified atom stereocenters. The van der Waals surface area contributed by atoms with Crippen LogP contribution >= 0.6 is 0 Å². The van der Waals surface area contributed by atoms with Gasteiger partial charge in [0, 0.05) is 17.6 Å². The van der Waals surface area contributed by atoms with Gasteiger partial charge in [-0.05, 0) is 53.1 Å². The summed E-state index contributed by atoms with van der Waals surface area (Å²) in [4.78, 5) is 2.68. The van der Waals surface area contributed by atoms with E-state index in [2.05, 4.69) is 31.0 Å². The largest absolute Gasteiger partial charge is 0.394 e. The van der Waals surface area contributed by atoms with Gasteiger partial charge in [-0.3, -0.25) is 4.90 Å².